The number of nitrogens with one attached hydrogen (secondary N) is 2. The van der Waals surface area contributed by atoms with Crippen LogP contribution in [0.15, 0.2) is 40.2 Å². The van der Waals surface area contributed by atoms with Crippen LogP contribution in [-0.4, -0.2) is 12.5 Å². The van der Waals surface area contributed by atoms with Crippen LogP contribution < -0.4 is 10.0 Å². The Morgan fingerprint density at radius 2 is 2.05 bits per heavy atom. The fraction of sp³-hybridized carbons (Fsp3) is 0.133. The Balaban J connectivity index is 2.18. The van der Waals surface area contributed by atoms with Crippen LogP contribution in [0.5, 0.6) is 0 Å². The highest BCUT2D eigenvalue weighted by atomic mass is 35.5. The average molecular weight is 340 g/mol. The zero-order valence-corrected chi connectivity index (χ0v) is 13.2. The number of anilines is 1. The van der Waals surface area contributed by atoms with Crippen LogP contribution in [0.4, 0.5) is 14.5 Å². The molecule has 0 radical (unpaired) electrons. The molecule has 0 unspecified atom stereocenters. The average Bonchev–Trinajstić information content (AvgIpc) is 2.50. The second kappa shape index (κ2) is 6.14. The molecule has 0 bridgehead atoms. The number of halogens is 3. The van der Waals surface area contributed by atoms with Gasteiger partial charge in [-0.1, -0.05) is 23.7 Å². The number of rotatable bonds is 2. The third-order valence-corrected chi connectivity index (χ3v) is 4.35. The first kappa shape index (κ1) is 15.1. The number of benzene rings is 2. The summed E-state index contributed by atoms with van der Waals surface area (Å²) >= 11 is 7.29. The Morgan fingerprint density at radius 3 is 2.82 bits per heavy atom. The molecule has 2 aromatic carbocycles. The highest BCUT2D eigenvalue weighted by molar-refractivity contribution is 7.98. The third kappa shape index (κ3) is 2.76. The maximum absolute atomic E-state index is 13.9. The Hall–Kier alpha value is -1.79. The van der Waals surface area contributed by atoms with Crippen molar-refractivity contribution in [1.29, 1.82) is 0 Å². The molecule has 1 aliphatic rings. The second-order valence-corrected chi connectivity index (χ2v) is 5.81. The van der Waals surface area contributed by atoms with Gasteiger partial charge in [-0.05, 0) is 37.1 Å². The van der Waals surface area contributed by atoms with Crippen molar-refractivity contribution in [2.75, 3.05) is 11.9 Å². The standard InChI is InChI=1S/C15H12ClF2N3S/c1-2-19-15-20-14-10(6-8(17)7-12(14)22-21-15)9-4-3-5-11(18)13(9)16/h3-7H,2H2,1H3,(H2,19,20,21). The molecular formula is C15H12ClF2N3S. The van der Waals surface area contributed by atoms with Gasteiger partial charge in [0.25, 0.3) is 0 Å². The van der Waals surface area contributed by atoms with Crippen molar-refractivity contribution in [3.63, 3.8) is 0 Å². The van der Waals surface area contributed by atoms with Crippen molar-refractivity contribution in [2.45, 2.75) is 11.8 Å². The maximum atomic E-state index is 13.9. The van der Waals surface area contributed by atoms with Gasteiger partial charge in [0, 0.05) is 17.7 Å². The molecule has 114 valence electrons. The first-order valence-electron chi connectivity index (χ1n) is 6.62. The first-order valence-corrected chi connectivity index (χ1v) is 7.82. The molecule has 0 aliphatic carbocycles. The first-order chi connectivity index (χ1) is 10.6. The number of hydrogen-bond donors (Lipinski definition) is 2. The number of guanidine groups is 1. The van der Waals surface area contributed by atoms with E-state index in [0.29, 0.717) is 34.2 Å². The quantitative estimate of drug-likeness (QED) is 0.780. The van der Waals surface area contributed by atoms with Gasteiger partial charge in [0.15, 0.2) is 0 Å². The van der Waals surface area contributed by atoms with E-state index >= 15 is 0 Å². The molecule has 1 heterocycles. The Labute approximate surface area is 135 Å². The summed E-state index contributed by atoms with van der Waals surface area (Å²) in [5, 5.41) is 3.08. The lowest BCUT2D eigenvalue weighted by Gasteiger charge is -2.23. The van der Waals surface area contributed by atoms with E-state index in [1.807, 2.05) is 6.92 Å². The summed E-state index contributed by atoms with van der Waals surface area (Å²) in [5.74, 6) is -0.386. The van der Waals surface area contributed by atoms with Crippen molar-refractivity contribution >= 4 is 35.2 Å². The van der Waals surface area contributed by atoms with Gasteiger partial charge >= 0.3 is 0 Å². The van der Waals surface area contributed by atoms with Gasteiger partial charge in [0.1, 0.15) is 11.6 Å². The number of nitrogens with zero attached hydrogens (tertiary/aromatic N) is 1. The monoisotopic (exact) mass is 339 g/mol. The second-order valence-electron chi connectivity index (χ2n) is 4.58. The van der Waals surface area contributed by atoms with Crippen molar-refractivity contribution in [3.8, 4) is 11.1 Å². The van der Waals surface area contributed by atoms with Crippen LogP contribution in [-0.2, 0) is 0 Å². The molecule has 0 spiro atoms. The summed E-state index contributed by atoms with van der Waals surface area (Å²) < 4.78 is 30.6. The van der Waals surface area contributed by atoms with E-state index in [-0.39, 0.29) is 5.02 Å². The van der Waals surface area contributed by atoms with Crippen LogP contribution in [0, 0.1) is 11.6 Å². The van der Waals surface area contributed by atoms with Crippen molar-refractivity contribution in [2.24, 2.45) is 4.99 Å². The lowest BCUT2D eigenvalue weighted by Crippen LogP contribution is -2.30. The van der Waals surface area contributed by atoms with Crippen molar-refractivity contribution in [1.82, 2.24) is 4.72 Å². The summed E-state index contributed by atoms with van der Waals surface area (Å²) in [5.41, 5.74) is 1.59. The van der Waals surface area contributed by atoms with E-state index in [1.54, 1.807) is 12.1 Å². The van der Waals surface area contributed by atoms with Gasteiger partial charge < -0.3 is 5.32 Å². The fourth-order valence-electron chi connectivity index (χ4n) is 2.19. The van der Waals surface area contributed by atoms with E-state index in [4.69, 9.17) is 11.6 Å². The molecule has 22 heavy (non-hydrogen) atoms. The molecule has 2 N–H and O–H groups in total. The molecule has 2 aromatic rings. The SMILES string of the molecule is CCN=C1NSc2cc(F)cc(-c3cccc(F)c3Cl)c2N1. The third-order valence-electron chi connectivity index (χ3n) is 3.13. The van der Waals surface area contributed by atoms with E-state index in [9.17, 15) is 8.78 Å². The van der Waals surface area contributed by atoms with Crippen molar-refractivity contribution < 1.29 is 8.78 Å². The molecule has 0 fully saturated rings. The molecule has 1 aliphatic heterocycles. The Bertz CT molecular complexity index is 765. The van der Waals surface area contributed by atoms with E-state index < -0.39 is 11.6 Å². The molecule has 3 rings (SSSR count). The van der Waals surface area contributed by atoms with E-state index in [2.05, 4.69) is 15.0 Å². The zero-order valence-electron chi connectivity index (χ0n) is 11.6. The number of hydrogen-bond acceptors (Lipinski definition) is 2. The largest absolute Gasteiger partial charge is 0.324 e. The summed E-state index contributed by atoms with van der Waals surface area (Å²) in [6.07, 6.45) is 0. The topological polar surface area (TPSA) is 36.4 Å². The van der Waals surface area contributed by atoms with Gasteiger partial charge in [0.05, 0.1) is 15.6 Å². The maximum Gasteiger partial charge on any atom is 0.206 e. The predicted molar refractivity (Wildman–Crippen MR) is 87.4 cm³/mol. The smallest absolute Gasteiger partial charge is 0.206 e. The van der Waals surface area contributed by atoms with Gasteiger partial charge in [0.2, 0.25) is 5.96 Å². The summed E-state index contributed by atoms with van der Waals surface area (Å²) in [7, 11) is 0. The summed E-state index contributed by atoms with van der Waals surface area (Å²) in [6, 6.07) is 7.21. The molecule has 7 heteroatoms. The lowest BCUT2D eigenvalue weighted by molar-refractivity contribution is 0.624. The van der Waals surface area contributed by atoms with Crippen LogP contribution in [0.25, 0.3) is 11.1 Å². The Morgan fingerprint density at radius 1 is 1.23 bits per heavy atom. The minimum absolute atomic E-state index is 0.0328. The number of fused-ring (bicyclic) bond motifs is 1. The molecule has 0 amide bonds. The number of aliphatic imine (C=N–C) groups is 1. The highest BCUT2D eigenvalue weighted by Gasteiger charge is 2.21. The summed E-state index contributed by atoms with van der Waals surface area (Å²) in [4.78, 5) is 4.91. The summed E-state index contributed by atoms with van der Waals surface area (Å²) in [6.45, 7) is 2.51. The van der Waals surface area contributed by atoms with Crippen LogP contribution in [0.1, 0.15) is 6.92 Å². The van der Waals surface area contributed by atoms with E-state index in [0.717, 1.165) is 0 Å². The van der Waals surface area contributed by atoms with Gasteiger partial charge in [-0.2, -0.15) is 0 Å². The van der Waals surface area contributed by atoms with E-state index in [1.165, 1.54) is 30.1 Å². The predicted octanol–water partition coefficient (Wildman–Crippen LogP) is 4.68. The molecule has 0 saturated carbocycles. The van der Waals surface area contributed by atoms with Crippen LogP contribution in [0.2, 0.25) is 5.02 Å². The molecule has 3 nitrogen and oxygen atoms in total. The van der Waals surface area contributed by atoms with Gasteiger partial charge in [-0.25, -0.2) is 8.78 Å². The van der Waals surface area contributed by atoms with Crippen LogP contribution >= 0.6 is 23.5 Å². The van der Waals surface area contributed by atoms with Crippen LogP contribution in [0.3, 0.4) is 0 Å². The molecular weight excluding hydrogens is 328 g/mol. The molecule has 0 saturated heterocycles. The zero-order chi connectivity index (χ0) is 15.7. The Kier molecular flexibility index (Phi) is 4.22. The minimum Gasteiger partial charge on any atom is -0.324 e. The van der Waals surface area contributed by atoms with Gasteiger partial charge in [-0.15, -0.1) is 0 Å². The molecule has 0 atom stereocenters. The minimum atomic E-state index is -0.541. The molecule has 0 aromatic heterocycles. The fourth-order valence-corrected chi connectivity index (χ4v) is 3.18. The normalized spacial score (nSPS) is 15.2. The van der Waals surface area contributed by atoms with Crippen molar-refractivity contribution in [3.05, 3.63) is 47.0 Å². The van der Waals surface area contributed by atoms with Gasteiger partial charge in [-0.3, -0.25) is 9.71 Å². The highest BCUT2D eigenvalue weighted by Crippen LogP contribution is 2.41. The lowest BCUT2D eigenvalue weighted by atomic mass is 10.0.